The van der Waals surface area contributed by atoms with Gasteiger partial charge in [0.15, 0.2) is 0 Å². The molecule has 0 aliphatic heterocycles. The first-order valence-electron chi connectivity index (χ1n) is 6.23. The van der Waals surface area contributed by atoms with Crippen molar-refractivity contribution in [3.05, 3.63) is 67.9 Å². The van der Waals surface area contributed by atoms with Crippen molar-refractivity contribution in [1.29, 1.82) is 0 Å². The van der Waals surface area contributed by atoms with Crippen LogP contribution in [0.3, 0.4) is 0 Å². The SMILES string of the molecule is NCC(c1c(Cl)cccc1Cl)C(O)c1cccc(Br)c1F. The topological polar surface area (TPSA) is 46.2 Å². The summed E-state index contributed by atoms with van der Waals surface area (Å²) in [6.45, 7) is 0.0799. The third-order valence-corrected chi connectivity index (χ3v) is 4.58. The fourth-order valence-corrected chi connectivity index (χ4v) is 3.29. The van der Waals surface area contributed by atoms with Crippen LogP contribution >= 0.6 is 39.1 Å². The Morgan fingerprint density at radius 2 is 1.71 bits per heavy atom. The molecule has 0 aromatic heterocycles. The van der Waals surface area contributed by atoms with Crippen molar-refractivity contribution in [2.75, 3.05) is 6.54 Å². The third kappa shape index (κ3) is 3.41. The van der Waals surface area contributed by atoms with Gasteiger partial charge < -0.3 is 10.8 Å². The number of hydrogen-bond acceptors (Lipinski definition) is 2. The zero-order valence-electron chi connectivity index (χ0n) is 10.9. The Bertz CT molecular complexity index is 633. The first kappa shape index (κ1) is 16.7. The summed E-state index contributed by atoms with van der Waals surface area (Å²) in [5, 5.41) is 11.3. The second kappa shape index (κ2) is 7.07. The van der Waals surface area contributed by atoms with E-state index in [9.17, 15) is 9.50 Å². The summed E-state index contributed by atoms with van der Waals surface area (Å²) in [6.07, 6.45) is -1.15. The standard InChI is InChI=1S/C15H13BrCl2FNO/c16-10-4-1-3-8(14(10)19)15(21)9(7-20)13-11(17)5-2-6-12(13)18/h1-6,9,15,21H,7,20H2. The summed E-state index contributed by atoms with van der Waals surface area (Å²) in [7, 11) is 0. The summed E-state index contributed by atoms with van der Waals surface area (Å²) in [4.78, 5) is 0. The van der Waals surface area contributed by atoms with Gasteiger partial charge in [0.1, 0.15) is 5.82 Å². The van der Waals surface area contributed by atoms with Crippen molar-refractivity contribution in [2.24, 2.45) is 5.73 Å². The van der Waals surface area contributed by atoms with Crippen LogP contribution in [0.25, 0.3) is 0 Å². The predicted molar refractivity (Wildman–Crippen MR) is 87.3 cm³/mol. The lowest BCUT2D eigenvalue weighted by Crippen LogP contribution is -2.21. The Hall–Kier alpha value is -0.650. The van der Waals surface area contributed by atoms with E-state index in [-0.39, 0.29) is 16.6 Å². The van der Waals surface area contributed by atoms with Gasteiger partial charge in [-0.2, -0.15) is 0 Å². The lowest BCUT2D eigenvalue weighted by molar-refractivity contribution is 0.143. The first-order valence-corrected chi connectivity index (χ1v) is 7.78. The zero-order valence-corrected chi connectivity index (χ0v) is 14.0. The van der Waals surface area contributed by atoms with Gasteiger partial charge in [0.05, 0.1) is 10.6 Å². The fraction of sp³-hybridized carbons (Fsp3) is 0.200. The van der Waals surface area contributed by atoms with Crippen LogP contribution in [0.2, 0.25) is 10.0 Å². The van der Waals surface area contributed by atoms with E-state index >= 15 is 0 Å². The molecule has 21 heavy (non-hydrogen) atoms. The van der Waals surface area contributed by atoms with Crippen LogP contribution in [0.15, 0.2) is 40.9 Å². The van der Waals surface area contributed by atoms with Crippen molar-refractivity contribution in [1.82, 2.24) is 0 Å². The highest BCUT2D eigenvalue weighted by molar-refractivity contribution is 9.10. The van der Waals surface area contributed by atoms with Gasteiger partial charge in [-0.15, -0.1) is 0 Å². The average molecular weight is 393 g/mol. The van der Waals surface area contributed by atoms with Crippen LogP contribution in [-0.2, 0) is 0 Å². The zero-order chi connectivity index (χ0) is 15.6. The van der Waals surface area contributed by atoms with E-state index in [1.165, 1.54) is 6.07 Å². The van der Waals surface area contributed by atoms with Gasteiger partial charge >= 0.3 is 0 Å². The average Bonchev–Trinajstić information content (AvgIpc) is 2.45. The molecule has 0 fully saturated rings. The van der Waals surface area contributed by atoms with Gasteiger partial charge in [0, 0.05) is 28.1 Å². The van der Waals surface area contributed by atoms with Crippen molar-refractivity contribution in [3.63, 3.8) is 0 Å². The third-order valence-electron chi connectivity index (χ3n) is 3.31. The second-order valence-corrected chi connectivity index (χ2v) is 6.23. The number of halogens is 4. The molecule has 2 unspecified atom stereocenters. The molecule has 0 aliphatic rings. The minimum atomic E-state index is -1.15. The summed E-state index contributed by atoms with van der Waals surface area (Å²) >= 11 is 15.4. The molecule has 0 saturated carbocycles. The highest BCUT2D eigenvalue weighted by Crippen LogP contribution is 2.39. The molecule has 2 atom stereocenters. The molecule has 2 aromatic rings. The molecule has 2 nitrogen and oxygen atoms in total. The van der Waals surface area contributed by atoms with Gasteiger partial charge in [-0.3, -0.25) is 0 Å². The molecular weight excluding hydrogens is 380 g/mol. The van der Waals surface area contributed by atoms with E-state index in [4.69, 9.17) is 28.9 Å². The van der Waals surface area contributed by atoms with Crippen molar-refractivity contribution in [2.45, 2.75) is 12.0 Å². The van der Waals surface area contributed by atoms with Crippen LogP contribution in [0.1, 0.15) is 23.1 Å². The number of aliphatic hydroxyl groups excluding tert-OH is 1. The molecule has 0 saturated heterocycles. The van der Waals surface area contributed by atoms with Crippen LogP contribution < -0.4 is 5.73 Å². The number of hydrogen-bond donors (Lipinski definition) is 2. The minimum absolute atomic E-state index is 0.0799. The van der Waals surface area contributed by atoms with E-state index < -0.39 is 17.8 Å². The molecule has 2 aromatic carbocycles. The van der Waals surface area contributed by atoms with Gasteiger partial charge in [0.2, 0.25) is 0 Å². The normalized spacial score (nSPS) is 14.0. The number of benzene rings is 2. The Labute approximate surface area is 140 Å². The summed E-state index contributed by atoms with van der Waals surface area (Å²) in [5.41, 5.74) is 6.43. The van der Waals surface area contributed by atoms with Crippen LogP contribution in [0.4, 0.5) is 4.39 Å². The maximum atomic E-state index is 14.2. The molecule has 2 rings (SSSR count). The molecule has 0 heterocycles. The van der Waals surface area contributed by atoms with E-state index in [1.807, 2.05) is 0 Å². The largest absolute Gasteiger partial charge is 0.388 e. The van der Waals surface area contributed by atoms with E-state index in [2.05, 4.69) is 15.9 Å². The molecule has 0 spiro atoms. The van der Waals surface area contributed by atoms with Gasteiger partial charge in [-0.05, 0) is 39.7 Å². The van der Waals surface area contributed by atoms with Crippen LogP contribution in [0.5, 0.6) is 0 Å². The van der Waals surface area contributed by atoms with Gasteiger partial charge in [-0.25, -0.2) is 4.39 Å². The Kier molecular flexibility index (Phi) is 5.63. The van der Waals surface area contributed by atoms with Crippen molar-refractivity contribution < 1.29 is 9.50 Å². The Balaban J connectivity index is 2.48. The van der Waals surface area contributed by atoms with E-state index in [0.29, 0.717) is 15.6 Å². The summed E-state index contributed by atoms with van der Waals surface area (Å²) < 4.78 is 14.4. The fourth-order valence-electron chi connectivity index (χ4n) is 2.24. The highest BCUT2D eigenvalue weighted by atomic mass is 79.9. The van der Waals surface area contributed by atoms with Crippen molar-refractivity contribution >= 4 is 39.1 Å². The molecule has 0 radical (unpaired) electrons. The monoisotopic (exact) mass is 391 g/mol. The predicted octanol–water partition coefficient (Wildman–Crippen LogP) is 4.67. The lowest BCUT2D eigenvalue weighted by Gasteiger charge is -2.24. The number of aliphatic hydroxyl groups is 1. The smallest absolute Gasteiger partial charge is 0.143 e. The Morgan fingerprint density at radius 1 is 1.14 bits per heavy atom. The van der Waals surface area contributed by atoms with Crippen LogP contribution in [0, 0.1) is 5.82 Å². The molecule has 112 valence electrons. The van der Waals surface area contributed by atoms with E-state index in [0.717, 1.165) is 0 Å². The number of rotatable bonds is 4. The molecule has 3 N–H and O–H groups in total. The van der Waals surface area contributed by atoms with Gasteiger partial charge in [-0.1, -0.05) is 41.4 Å². The van der Waals surface area contributed by atoms with Crippen LogP contribution in [-0.4, -0.2) is 11.7 Å². The first-order chi connectivity index (χ1) is 9.97. The second-order valence-electron chi connectivity index (χ2n) is 4.57. The molecule has 6 heteroatoms. The maximum Gasteiger partial charge on any atom is 0.143 e. The Morgan fingerprint density at radius 3 is 2.29 bits per heavy atom. The maximum absolute atomic E-state index is 14.2. The number of nitrogens with two attached hydrogens (primary N) is 1. The summed E-state index contributed by atoms with van der Waals surface area (Å²) in [6, 6.07) is 9.75. The highest BCUT2D eigenvalue weighted by Gasteiger charge is 2.28. The van der Waals surface area contributed by atoms with Crippen molar-refractivity contribution in [3.8, 4) is 0 Å². The van der Waals surface area contributed by atoms with E-state index in [1.54, 1.807) is 30.3 Å². The van der Waals surface area contributed by atoms with Gasteiger partial charge in [0.25, 0.3) is 0 Å². The molecule has 0 amide bonds. The quantitative estimate of drug-likeness (QED) is 0.793. The molecule has 0 aliphatic carbocycles. The summed E-state index contributed by atoms with van der Waals surface area (Å²) in [5.74, 6) is -1.12. The molecular formula is C15H13BrCl2FNO. The molecule has 0 bridgehead atoms. The minimum Gasteiger partial charge on any atom is -0.388 e. The lowest BCUT2D eigenvalue weighted by atomic mass is 9.89.